The number of rotatable bonds is 5. The van der Waals surface area contributed by atoms with Gasteiger partial charge < -0.3 is 15.4 Å². The maximum absolute atomic E-state index is 12.2. The molecule has 0 bridgehead atoms. The zero-order valence-corrected chi connectivity index (χ0v) is 12.6. The summed E-state index contributed by atoms with van der Waals surface area (Å²) < 4.78 is 0. The molecular weight excluding hydrogens is 282 g/mol. The number of hydrogen-bond acceptors (Lipinski definition) is 4. The van der Waals surface area contributed by atoms with E-state index >= 15 is 0 Å². The molecule has 0 radical (unpaired) electrons. The van der Waals surface area contributed by atoms with Gasteiger partial charge in [0.25, 0.3) is 11.5 Å². The van der Waals surface area contributed by atoms with Crippen LogP contribution < -0.4 is 10.9 Å². The second kappa shape index (κ2) is 7.00. The Morgan fingerprint density at radius 3 is 2.77 bits per heavy atom. The summed E-state index contributed by atoms with van der Waals surface area (Å²) >= 11 is 0. The maximum Gasteiger partial charge on any atom is 0.262 e. The van der Waals surface area contributed by atoms with Crippen molar-refractivity contribution in [3.05, 3.63) is 57.6 Å². The molecule has 1 amide bonds. The summed E-state index contributed by atoms with van der Waals surface area (Å²) in [6.45, 7) is 3.94. The normalized spacial score (nSPS) is 10.7. The number of aliphatic hydroxyl groups is 1. The summed E-state index contributed by atoms with van der Waals surface area (Å²) in [5.74, 6) is 0.0233. The Morgan fingerprint density at radius 1 is 1.36 bits per heavy atom. The van der Waals surface area contributed by atoms with E-state index < -0.39 is 11.5 Å². The summed E-state index contributed by atoms with van der Waals surface area (Å²) in [5, 5.41) is 11.5. The van der Waals surface area contributed by atoms with Gasteiger partial charge in [-0.05, 0) is 42.2 Å². The van der Waals surface area contributed by atoms with Gasteiger partial charge in [0.05, 0.1) is 0 Å². The summed E-state index contributed by atoms with van der Waals surface area (Å²) in [6.07, 6.45) is 2.03. The van der Waals surface area contributed by atoms with Crippen molar-refractivity contribution in [2.24, 2.45) is 0 Å². The summed E-state index contributed by atoms with van der Waals surface area (Å²) in [6, 6.07) is 6.68. The maximum atomic E-state index is 12.2. The average molecular weight is 301 g/mol. The summed E-state index contributed by atoms with van der Waals surface area (Å²) in [7, 11) is 0. The highest BCUT2D eigenvalue weighted by atomic mass is 16.3. The minimum absolute atomic E-state index is 0.0216. The Bertz CT molecular complexity index is 723. The van der Waals surface area contributed by atoms with E-state index in [1.807, 2.05) is 13.8 Å². The lowest BCUT2D eigenvalue weighted by molar-refractivity contribution is 0.102. The Morgan fingerprint density at radius 2 is 2.14 bits per heavy atom. The van der Waals surface area contributed by atoms with Crippen LogP contribution in [-0.4, -0.2) is 27.6 Å². The number of H-pyrrole nitrogens is 1. The lowest BCUT2D eigenvalue weighted by Crippen LogP contribution is -2.24. The molecule has 0 aliphatic heterocycles. The van der Waals surface area contributed by atoms with Gasteiger partial charge in [0.2, 0.25) is 0 Å². The van der Waals surface area contributed by atoms with E-state index in [-0.39, 0.29) is 18.1 Å². The van der Waals surface area contributed by atoms with Gasteiger partial charge >= 0.3 is 0 Å². The number of aliphatic hydroxyl groups excluding tert-OH is 1. The number of anilines is 1. The molecule has 2 heterocycles. The van der Waals surface area contributed by atoms with E-state index in [1.165, 1.54) is 6.07 Å². The first-order valence-electron chi connectivity index (χ1n) is 7.11. The van der Waals surface area contributed by atoms with Gasteiger partial charge in [-0.2, -0.15) is 0 Å². The molecule has 0 saturated heterocycles. The zero-order chi connectivity index (χ0) is 16.1. The smallest absolute Gasteiger partial charge is 0.262 e. The number of aromatic nitrogens is 2. The lowest BCUT2D eigenvalue weighted by atomic mass is 10.1. The van der Waals surface area contributed by atoms with Crippen LogP contribution in [0.15, 0.2) is 35.3 Å². The molecule has 0 aliphatic carbocycles. The first-order chi connectivity index (χ1) is 10.5. The molecule has 22 heavy (non-hydrogen) atoms. The topological polar surface area (TPSA) is 95.1 Å². The number of nitrogens with zero attached hydrogens (tertiary/aromatic N) is 1. The van der Waals surface area contributed by atoms with Crippen molar-refractivity contribution in [2.45, 2.75) is 26.2 Å². The highest BCUT2D eigenvalue weighted by Crippen LogP contribution is 2.11. The summed E-state index contributed by atoms with van der Waals surface area (Å²) in [5.41, 5.74) is 1.26. The van der Waals surface area contributed by atoms with Crippen molar-refractivity contribution in [1.29, 1.82) is 0 Å². The SMILES string of the molecule is CC(C)c1ccc(C(=O)Nc2cc(CCO)ccn2)c(=O)[nH]1. The third-order valence-electron chi connectivity index (χ3n) is 3.27. The molecule has 0 unspecified atom stereocenters. The van der Waals surface area contributed by atoms with Crippen LogP contribution in [0.3, 0.4) is 0 Å². The van der Waals surface area contributed by atoms with Crippen LogP contribution in [0.4, 0.5) is 5.82 Å². The van der Waals surface area contributed by atoms with Crippen LogP contribution in [0.25, 0.3) is 0 Å². The van der Waals surface area contributed by atoms with Crippen molar-refractivity contribution in [2.75, 3.05) is 11.9 Å². The third-order valence-corrected chi connectivity index (χ3v) is 3.27. The number of carbonyl (C=O) groups excluding carboxylic acids is 1. The van der Waals surface area contributed by atoms with E-state index in [1.54, 1.807) is 24.4 Å². The highest BCUT2D eigenvalue weighted by Gasteiger charge is 2.13. The van der Waals surface area contributed by atoms with Crippen LogP contribution in [0, 0.1) is 0 Å². The Balaban J connectivity index is 2.19. The first kappa shape index (κ1) is 15.9. The van der Waals surface area contributed by atoms with Gasteiger partial charge in [-0.1, -0.05) is 13.8 Å². The van der Waals surface area contributed by atoms with E-state index in [9.17, 15) is 9.59 Å². The number of pyridine rings is 2. The minimum atomic E-state index is -0.509. The van der Waals surface area contributed by atoms with Crippen molar-refractivity contribution >= 4 is 11.7 Å². The number of aromatic amines is 1. The fourth-order valence-electron chi connectivity index (χ4n) is 2.02. The fourth-order valence-corrected chi connectivity index (χ4v) is 2.02. The predicted molar refractivity (Wildman–Crippen MR) is 84.1 cm³/mol. The molecule has 0 aromatic carbocycles. The van der Waals surface area contributed by atoms with Crippen LogP contribution in [0.2, 0.25) is 0 Å². The standard InChI is InChI=1S/C16H19N3O3/c1-10(2)13-4-3-12(15(21)18-13)16(22)19-14-9-11(6-8-20)5-7-17-14/h3-5,7,9-10,20H,6,8H2,1-2H3,(H,18,21)(H,17,19,22). The molecule has 0 spiro atoms. The van der Waals surface area contributed by atoms with E-state index in [4.69, 9.17) is 5.11 Å². The predicted octanol–water partition coefficient (Wildman–Crippen LogP) is 1.68. The van der Waals surface area contributed by atoms with Gasteiger partial charge in [0, 0.05) is 18.5 Å². The first-order valence-corrected chi connectivity index (χ1v) is 7.11. The molecule has 116 valence electrons. The van der Waals surface area contributed by atoms with Crippen molar-refractivity contribution in [1.82, 2.24) is 9.97 Å². The van der Waals surface area contributed by atoms with Gasteiger partial charge in [-0.3, -0.25) is 9.59 Å². The lowest BCUT2D eigenvalue weighted by Gasteiger charge is -2.08. The molecule has 2 rings (SSSR count). The third kappa shape index (κ3) is 3.79. The molecule has 2 aromatic heterocycles. The van der Waals surface area contributed by atoms with Crippen LogP contribution in [0.5, 0.6) is 0 Å². The van der Waals surface area contributed by atoms with Crippen LogP contribution >= 0.6 is 0 Å². The quantitative estimate of drug-likeness (QED) is 0.783. The summed E-state index contributed by atoms with van der Waals surface area (Å²) in [4.78, 5) is 30.9. The van der Waals surface area contributed by atoms with E-state index in [0.29, 0.717) is 12.2 Å². The van der Waals surface area contributed by atoms with E-state index in [2.05, 4.69) is 15.3 Å². The molecule has 3 N–H and O–H groups in total. The van der Waals surface area contributed by atoms with Gasteiger partial charge in [0.15, 0.2) is 0 Å². The van der Waals surface area contributed by atoms with Crippen LogP contribution in [-0.2, 0) is 6.42 Å². The Labute approximate surface area is 128 Å². The zero-order valence-electron chi connectivity index (χ0n) is 12.6. The largest absolute Gasteiger partial charge is 0.396 e. The number of nitrogens with one attached hydrogen (secondary N) is 2. The van der Waals surface area contributed by atoms with Crippen molar-refractivity contribution in [3.63, 3.8) is 0 Å². The minimum Gasteiger partial charge on any atom is -0.396 e. The van der Waals surface area contributed by atoms with Gasteiger partial charge in [-0.25, -0.2) is 4.98 Å². The number of carbonyl (C=O) groups is 1. The van der Waals surface area contributed by atoms with Crippen LogP contribution in [0.1, 0.15) is 41.4 Å². The van der Waals surface area contributed by atoms with Crippen molar-refractivity contribution < 1.29 is 9.90 Å². The highest BCUT2D eigenvalue weighted by molar-refractivity contribution is 6.03. The van der Waals surface area contributed by atoms with Gasteiger partial charge in [-0.15, -0.1) is 0 Å². The van der Waals surface area contributed by atoms with E-state index in [0.717, 1.165) is 11.3 Å². The molecule has 2 aromatic rings. The average Bonchev–Trinajstić information content (AvgIpc) is 2.47. The number of amides is 1. The molecule has 6 heteroatoms. The number of hydrogen-bond donors (Lipinski definition) is 3. The molecular formula is C16H19N3O3. The molecule has 0 fully saturated rings. The fraction of sp³-hybridized carbons (Fsp3) is 0.312. The molecule has 0 aliphatic rings. The molecule has 0 atom stereocenters. The van der Waals surface area contributed by atoms with Crippen molar-refractivity contribution in [3.8, 4) is 0 Å². The Hall–Kier alpha value is -2.47. The second-order valence-electron chi connectivity index (χ2n) is 5.29. The monoisotopic (exact) mass is 301 g/mol. The molecule has 0 saturated carbocycles. The second-order valence-corrected chi connectivity index (χ2v) is 5.29. The van der Waals surface area contributed by atoms with Gasteiger partial charge in [0.1, 0.15) is 11.4 Å². The molecule has 6 nitrogen and oxygen atoms in total. The Kier molecular flexibility index (Phi) is 5.06.